The van der Waals surface area contributed by atoms with Crippen LogP contribution < -0.4 is 20.1 Å². The van der Waals surface area contributed by atoms with Crippen LogP contribution in [0.1, 0.15) is 19.3 Å². The monoisotopic (exact) mass is 322 g/mol. The highest BCUT2D eigenvalue weighted by atomic mass is 32.2. The summed E-state index contributed by atoms with van der Waals surface area (Å²) in [6.07, 6.45) is 2.75. The smallest absolute Gasteiger partial charge is 0.221 e. The molecule has 2 aliphatic heterocycles. The molecule has 5 nitrogen and oxygen atoms in total. The summed E-state index contributed by atoms with van der Waals surface area (Å²) < 4.78 is 11.1. The number of carbonyl (C=O) groups excluding carboxylic acids is 1. The van der Waals surface area contributed by atoms with E-state index >= 15 is 0 Å². The van der Waals surface area contributed by atoms with E-state index in [-0.39, 0.29) is 5.91 Å². The van der Waals surface area contributed by atoms with Crippen molar-refractivity contribution in [2.45, 2.75) is 30.2 Å². The van der Waals surface area contributed by atoms with E-state index in [2.05, 4.69) is 10.6 Å². The number of carbonyl (C=O) groups is 1. The van der Waals surface area contributed by atoms with Crippen molar-refractivity contribution in [1.29, 1.82) is 0 Å². The van der Waals surface area contributed by atoms with Crippen LogP contribution in [0.15, 0.2) is 23.1 Å². The molecule has 2 aliphatic rings. The van der Waals surface area contributed by atoms with E-state index in [0.29, 0.717) is 25.7 Å². The van der Waals surface area contributed by atoms with Crippen molar-refractivity contribution in [2.24, 2.45) is 0 Å². The van der Waals surface area contributed by atoms with Crippen molar-refractivity contribution in [3.63, 3.8) is 0 Å². The lowest BCUT2D eigenvalue weighted by atomic mass is 10.1. The van der Waals surface area contributed by atoms with Gasteiger partial charge >= 0.3 is 0 Å². The molecular weight excluding hydrogens is 300 g/mol. The third kappa shape index (κ3) is 4.30. The highest BCUT2D eigenvalue weighted by Gasteiger charge is 2.15. The first-order valence-electron chi connectivity index (χ1n) is 7.84. The third-order valence-electron chi connectivity index (χ3n) is 3.77. The summed E-state index contributed by atoms with van der Waals surface area (Å²) in [4.78, 5) is 13.0. The first-order valence-corrected chi connectivity index (χ1v) is 8.82. The first kappa shape index (κ1) is 15.5. The maximum absolute atomic E-state index is 11.9. The molecule has 120 valence electrons. The van der Waals surface area contributed by atoms with Gasteiger partial charge in [0.15, 0.2) is 11.5 Å². The Morgan fingerprint density at radius 3 is 3.00 bits per heavy atom. The second-order valence-corrected chi connectivity index (χ2v) is 6.68. The van der Waals surface area contributed by atoms with Crippen molar-refractivity contribution in [3.8, 4) is 11.5 Å². The molecule has 1 unspecified atom stereocenters. The van der Waals surface area contributed by atoms with Crippen molar-refractivity contribution in [1.82, 2.24) is 10.6 Å². The van der Waals surface area contributed by atoms with Gasteiger partial charge in [0.25, 0.3) is 0 Å². The van der Waals surface area contributed by atoms with E-state index in [1.807, 2.05) is 18.2 Å². The van der Waals surface area contributed by atoms with Gasteiger partial charge in [-0.2, -0.15) is 0 Å². The molecule has 1 amide bonds. The molecule has 1 aromatic carbocycles. The Morgan fingerprint density at radius 1 is 1.32 bits per heavy atom. The quantitative estimate of drug-likeness (QED) is 0.810. The van der Waals surface area contributed by atoms with Crippen LogP contribution in [0, 0.1) is 0 Å². The molecule has 1 atom stereocenters. The molecule has 3 rings (SSSR count). The second-order valence-electron chi connectivity index (χ2n) is 5.51. The van der Waals surface area contributed by atoms with Gasteiger partial charge < -0.3 is 20.1 Å². The Hall–Kier alpha value is -1.40. The number of nitrogens with one attached hydrogen (secondary N) is 2. The van der Waals surface area contributed by atoms with E-state index < -0.39 is 0 Å². The van der Waals surface area contributed by atoms with Crippen molar-refractivity contribution >= 4 is 17.7 Å². The van der Waals surface area contributed by atoms with Crippen molar-refractivity contribution in [2.75, 3.05) is 32.1 Å². The van der Waals surface area contributed by atoms with Gasteiger partial charge in [0.2, 0.25) is 5.91 Å². The van der Waals surface area contributed by atoms with Crippen LogP contribution in [0.2, 0.25) is 0 Å². The zero-order valence-electron chi connectivity index (χ0n) is 12.6. The minimum atomic E-state index is 0.138. The van der Waals surface area contributed by atoms with Gasteiger partial charge in [-0.05, 0) is 37.6 Å². The molecule has 2 N–H and O–H groups in total. The highest BCUT2D eigenvalue weighted by Crippen LogP contribution is 2.34. The molecule has 0 spiro atoms. The summed E-state index contributed by atoms with van der Waals surface area (Å²) in [6, 6.07) is 6.23. The molecular formula is C16H22N2O3S. The number of piperidine rings is 1. The van der Waals surface area contributed by atoms with Gasteiger partial charge in [-0.25, -0.2) is 0 Å². The molecule has 1 fully saturated rings. The third-order valence-corrected chi connectivity index (χ3v) is 4.77. The Labute approximate surface area is 135 Å². The zero-order chi connectivity index (χ0) is 15.2. The minimum absolute atomic E-state index is 0.138. The van der Waals surface area contributed by atoms with Crippen LogP contribution >= 0.6 is 11.8 Å². The normalized spacial score (nSPS) is 20.5. The van der Waals surface area contributed by atoms with E-state index in [0.717, 1.165) is 48.1 Å². The number of amides is 1. The topological polar surface area (TPSA) is 59.6 Å². The summed E-state index contributed by atoms with van der Waals surface area (Å²) in [5.41, 5.74) is 0. The number of benzene rings is 1. The van der Waals surface area contributed by atoms with Crippen LogP contribution in [-0.4, -0.2) is 44.0 Å². The predicted octanol–water partition coefficient (Wildman–Crippen LogP) is 1.81. The molecule has 22 heavy (non-hydrogen) atoms. The fourth-order valence-corrected chi connectivity index (χ4v) is 3.53. The minimum Gasteiger partial charge on any atom is -0.486 e. The van der Waals surface area contributed by atoms with Crippen LogP contribution in [0.3, 0.4) is 0 Å². The SMILES string of the molecule is O=C(CCSc1ccc2c(c1)OCCO2)NC1CCCNC1. The van der Waals surface area contributed by atoms with E-state index in [4.69, 9.17) is 9.47 Å². The van der Waals surface area contributed by atoms with Crippen molar-refractivity contribution < 1.29 is 14.3 Å². The fourth-order valence-electron chi connectivity index (χ4n) is 2.65. The average molecular weight is 322 g/mol. The standard InChI is InChI=1S/C16H22N2O3S/c19-16(18-12-2-1-6-17-11-12)5-9-22-13-3-4-14-15(10-13)21-8-7-20-14/h3-4,10,12,17H,1-2,5-9,11H2,(H,18,19). The van der Waals surface area contributed by atoms with E-state index in [9.17, 15) is 4.79 Å². The molecule has 0 aliphatic carbocycles. The van der Waals surface area contributed by atoms with Gasteiger partial charge in [0.1, 0.15) is 13.2 Å². The molecule has 2 heterocycles. The number of fused-ring (bicyclic) bond motifs is 1. The molecule has 1 aromatic rings. The Balaban J connectivity index is 1.41. The van der Waals surface area contributed by atoms with Crippen LogP contribution in [0.4, 0.5) is 0 Å². The number of thioether (sulfide) groups is 1. The molecule has 0 aromatic heterocycles. The number of hydrogen-bond acceptors (Lipinski definition) is 5. The predicted molar refractivity (Wildman–Crippen MR) is 86.8 cm³/mol. The zero-order valence-corrected chi connectivity index (χ0v) is 13.4. The highest BCUT2D eigenvalue weighted by molar-refractivity contribution is 7.99. The van der Waals surface area contributed by atoms with Crippen molar-refractivity contribution in [3.05, 3.63) is 18.2 Å². The Bertz CT molecular complexity index is 518. The molecule has 0 radical (unpaired) electrons. The van der Waals surface area contributed by atoms with Crippen LogP contribution in [0.25, 0.3) is 0 Å². The molecule has 6 heteroatoms. The number of ether oxygens (including phenoxy) is 2. The Morgan fingerprint density at radius 2 is 2.18 bits per heavy atom. The van der Waals surface area contributed by atoms with Crippen LogP contribution in [-0.2, 0) is 4.79 Å². The number of rotatable bonds is 5. The lowest BCUT2D eigenvalue weighted by Gasteiger charge is -2.23. The fraction of sp³-hybridized carbons (Fsp3) is 0.562. The first-order chi connectivity index (χ1) is 10.8. The average Bonchev–Trinajstić information content (AvgIpc) is 2.55. The summed E-state index contributed by atoms with van der Waals surface area (Å²) >= 11 is 1.67. The van der Waals surface area contributed by atoms with Crippen LogP contribution in [0.5, 0.6) is 11.5 Å². The van der Waals surface area contributed by atoms with Gasteiger partial charge in [-0.1, -0.05) is 0 Å². The lowest BCUT2D eigenvalue weighted by molar-refractivity contribution is -0.121. The molecule has 0 saturated carbocycles. The van der Waals surface area contributed by atoms with Gasteiger partial charge in [0.05, 0.1) is 0 Å². The van der Waals surface area contributed by atoms with Gasteiger partial charge in [0, 0.05) is 29.7 Å². The number of hydrogen-bond donors (Lipinski definition) is 2. The van der Waals surface area contributed by atoms with E-state index in [1.54, 1.807) is 11.8 Å². The van der Waals surface area contributed by atoms with E-state index in [1.165, 1.54) is 0 Å². The summed E-state index contributed by atoms with van der Waals surface area (Å²) in [7, 11) is 0. The summed E-state index contributed by atoms with van der Waals surface area (Å²) in [5.74, 6) is 2.51. The molecule has 1 saturated heterocycles. The second kappa shape index (κ2) is 7.74. The summed E-state index contributed by atoms with van der Waals surface area (Å²) in [6.45, 7) is 3.15. The van der Waals surface area contributed by atoms with Gasteiger partial charge in [-0.3, -0.25) is 4.79 Å². The maximum atomic E-state index is 11.9. The summed E-state index contributed by atoms with van der Waals surface area (Å²) in [5, 5.41) is 6.40. The van der Waals surface area contributed by atoms with Gasteiger partial charge in [-0.15, -0.1) is 11.8 Å². The maximum Gasteiger partial charge on any atom is 0.221 e. The lowest BCUT2D eigenvalue weighted by Crippen LogP contribution is -2.45. The largest absolute Gasteiger partial charge is 0.486 e. The Kier molecular flexibility index (Phi) is 5.45. The molecule has 0 bridgehead atoms.